The van der Waals surface area contributed by atoms with E-state index in [1.807, 2.05) is 48.3 Å². The molecule has 0 N–H and O–H groups in total. The van der Waals surface area contributed by atoms with Crippen LogP contribution in [0.25, 0.3) is 22.2 Å². The molecule has 2 aliphatic rings. The lowest BCUT2D eigenvalue weighted by atomic mass is 9.86. The summed E-state index contributed by atoms with van der Waals surface area (Å²) in [5.74, 6) is 0.518. The molecule has 0 saturated carbocycles. The lowest BCUT2D eigenvalue weighted by Crippen LogP contribution is -2.31. The first-order valence-electron chi connectivity index (χ1n) is 9.17. The maximum Gasteiger partial charge on any atom is 0.196 e. The van der Waals surface area contributed by atoms with Gasteiger partial charge in [-0.15, -0.1) is 5.11 Å². The zero-order valence-electron chi connectivity index (χ0n) is 15.7. The summed E-state index contributed by atoms with van der Waals surface area (Å²) in [7, 11) is 3.88. The fourth-order valence-electron chi connectivity index (χ4n) is 3.71. The van der Waals surface area contributed by atoms with Crippen molar-refractivity contribution in [3.63, 3.8) is 0 Å². The van der Waals surface area contributed by atoms with Crippen LogP contribution in [0.4, 0.5) is 11.4 Å². The molecule has 1 fully saturated rings. The Bertz CT molecular complexity index is 1110. The molecule has 0 atom stereocenters. The molecule has 142 valence electrons. The van der Waals surface area contributed by atoms with Gasteiger partial charge in [-0.05, 0) is 18.2 Å². The largest absolute Gasteiger partial charge is 0.378 e. The number of hydrogen-bond acceptors (Lipinski definition) is 7. The van der Waals surface area contributed by atoms with Gasteiger partial charge in [0.15, 0.2) is 11.5 Å². The van der Waals surface area contributed by atoms with Gasteiger partial charge in [0.25, 0.3) is 0 Å². The van der Waals surface area contributed by atoms with E-state index in [1.165, 1.54) is 0 Å². The molecule has 8 nitrogen and oxygen atoms in total. The molecule has 0 amide bonds. The number of benzene rings is 2. The minimum Gasteiger partial charge on any atom is -0.378 e. The van der Waals surface area contributed by atoms with E-state index in [9.17, 15) is 4.79 Å². The first-order chi connectivity index (χ1) is 13.6. The Morgan fingerprint density at radius 2 is 1.93 bits per heavy atom. The van der Waals surface area contributed by atoms with Crippen LogP contribution >= 0.6 is 0 Å². The minimum atomic E-state index is -0.0856. The maximum atomic E-state index is 13.3. The quantitative estimate of drug-likeness (QED) is 0.509. The monoisotopic (exact) mass is 377 g/mol. The summed E-state index contributed by atoms with van der Waals surface area (Å²) >= 11 is 0. The van der Waals surface area contributed by atoms with Crippen molar-refractivity contribution in [1.29, 1.82) is 0 Å². The normalized spacial score (nSPS) is 16.1. The van der Waals surface area contributed by atoms with E-state index >= 15 is 0 Å². The Labute approximate surface area is 161 Å². The molecule has 0 unspecified atom stereocenters. The Morgan fingerprint density at radius 1 is 1.11 bits per heavy atom. The molecule has 0 spiro atoms. The van der Waals surface area contributed by atoms with E-state index in [0.29, 0.717) is 60.0 Å². The Morgan fingerprint density at radius 3 is 2.71 bits per heavy atom. The van der Waals surface area contributed by atoms with Gasteiger partial charge in [0.2, 0.25) is 0 Å². The van der Waals surface area contributed by atoms with Crippen molar-refractivity contribution in [3.05, 3.63) is 41.5 Å². The molecule has 2 heterocycles. The Kier molecular flexibility index (Phi) is 3.87. The summed E-state index contributed by atoms with van der Waals surface area (Å²) in [6.07, 6.45) is 0. The number of carbonyl (C=O) groups excluding carboxylic acids is 1. The third-order valence-electron chi connectivity index (χ3n) is 5.12. The summed E-state index contributed by atoms with van der Waals surface area (Å²) in [6, 6.07) is 9.25. The van der Waals surface area contributed by atoms with Gasteiger partial charge in [-0.25, -0.2) is 0 Å². The van der Waals surface area contributed by atoms with E-state index in [-0.39, 0.29) is 5.78 Å². The molecule has 5 rings (SSSR count). The van der Waals surface area contributed by atoms with Gasteiger partial charge in [-0.3, -0.25) is 9.80 Å². The van der Waals surface area contributed by atoms with Gasteiger partial charge in [0.1, 0.15) is 5.52 Å². The van der Waals surface area contributed by atoms with Crippen molar-refractivity contribution >= 4 is 28.1 Å². The van der Waals surface area contributed by atoms with Crippen molar-refractivity contribution < 1.29 is 14.1 Å². The number of fused-ring (bicyclic) bond motifs is 2. The van der Waals surface area contributed by atoms with Gasteiger partial charge in [-0.2, -0.15) is 0 Å². The van der Waals surface area contributed by atoms with Crippen LogP contribution in [0.2, 0.25) is 0 Å². The third-order valence-corrected chi connectivity index (χ3v) is 5.12. The first kappa shape index (κ1) is 16.9. The van der Waals surface area contributed by atoms with E-state index in [2.05, 4.69) is 15.5 Å². The lowest BCUT2D eigenvalue weighted by Gasteiger charge is -2.22. The number of rotatable bonds is 3. The van der Waals surface area contributed by atoms with Crippen LogP contribution in [0.5, 0.6) is 0 Å². The van der Waals surface area contributed by atoms with Gasteiger partial charge >= 0.3 is 0 Å². The summed E-state index contributed by atoms with van der Waals surface area (Å²) in [4.78, 5) is 15.3. The fraction of sp³-hybridized carbons (Fsp3) is 0.300. The van der Waals surface area contributed by atoms with Crippen molar-refractivity contribution in [2.45, 2.75) is 0 Å². The van der Waals surface area contributed by atoms with E-state index in [1.54, 1.807) is 6.07 Å². The number of nitrogens with zero attached hydrogens (tertiary/aromatic N) is 5. The van der Waals surface area contributed by atoms with Gasteiger partial charge in [-0.1, -0.05) is 22.5 Å². The number of ketones is 1. The van der Waals surface area contributed by atoms with Crippen LogP contribution in [0.3, 0.4) is 0 Å². The summed E-state index contributed by atoms with van der Waals surface area (Å²) in [5, 5.41) is 15.5. The molecule has 1 aliphatic carbocycles. The van der Waals surface area contributed by atoms with Crippen molar-refractivity contribution in [1.82, 2.24) is 10.2 Å². The highest BCUT2D eigenvalue weighted by molar-refractivity contribution is 6.27. The number of morpholine rings is 1. The molecule has 1 aromatic heterocycles. The first-order valence-corrected chi connectivity index (χ1v) is 9.17. The summed E-state index contributed by atoms with van der Waals surface area (Å²) < 4.78 is 11.0. The average Bonchev–Trinajstić information content (AvgIpc) is 3.16. The summed E-state index contributed by atoms with van der Waals surface area (Å²) in [6.45, 7) is 2.63. The second kappa shape index (κ2) is 6.42. The predicted molar refractivity (Wildman–Crippen MR) is 104 cm³/mol. The topological polar surface area (TPSA) is 83.5 Å². The van der Waals surface area contributed by atoms with E-state index in [4.69, 9.17) is 9.26 Å². The smallest absolute Gasteiger partial charge is 0.196 e. The van der Waals surface area contributed by atoms with Crippen LogP contribution in [-0.2, 0) is 4.74 Å². The Balaban J connectivity index is 1.65. The van der Waals surface area contributed by atoms with E-state index < -0.39 is 0 Å². The molecule has 0 bridgehead atoms. The van der Waals surface area contributed by atoms with Crippen LogP contribution in [0, 0.1) is 0 Å². The van der Waals surface area contributed by atoms with Gasteiger partial charge < -0.3 is 14.2 Å². The molecule has 28 heavy (non-hydrogen) atoms. The molecule has 1 saturated heterocycles. The fourth-order valence-corrected chi connectivity index (χ4v) is 3.71. The Hall–Kier alpha value is -3.26. The van der Waals surface area contributed by atoms with Crippen molar-refractivity contribution in [2.24, 2.45) is 10.3 Å². The molecule has 8 heteroatoms. The average molecular weight is 377 g/mol. The minimum absolute atomic E-state index is 0.0856. The third kappa shape index (κ3) is 2.49. The van der Waals surface area contributed by atoms with Crippen molar-refractivity contribution in [2.75, 3.05) is 45.3 Å². The maximum absolute atomic E-state index is 13.3. The lowest BCUT2D eigenvalue weighted by molar-refractivity contribution is 0.0353. The van der Waals surface area contributed by atoms with Crippen molar-refractivity contribution in [3.8, 4) is 11.3 Å². The van der Waals surface area contributed by atoms with Crippen LogP contribution in [0.15, 0.2) is 45.2 Å². The molecular weight excluding hydrogens is 358 g/mol. The van der Waals surface area contributed by atoms with Crippen LogP contribution in [-0.4, -0.2) is 56.3 Å². The zero-order valence-corrected chi connectivity index (χ0v) is 15.7. The number of ether oxygens (including phenoxy) is 1. The zero-order chi connectivity index (χ0) is 19.3. The number of hydrogen-bond donors (Lipinski definition) is 0. The van der Waals surface area contributed by atoms with E-state index in [0.717, 1.165) is 11.1 Å². The SMILES string of the molecule is CN(C)c1ccc2c3c(onc13)-c1cccc(N=NN3CCOCC3)c1C2=O. The second-order valence-corrected chi connectivity index (χ2v) is 7.05. The highest BCUT2D eigenvalue weighted by atomic mass is 16.5. The second-order valence-electron chi connectivity index (χ2n) is 7.05. The molecule has 0 radical (unpaired) electrons. The predicted octanol–water partition coefficient (Wildman–Crippen LogP) is 3.44. The molecule has 1 aliphatic heterocycles. The highest BCUT2D eigenvalue weighted by Crippen LogP contribution is 2.44. The number of carbonyl (C=O) groups is 1. The van der Waals surface area contributed by atoms with Gasteiger partial charge in [0, 0.05) is 25.2 Å². The molecule has 3 aromatic rings. The molecular formula is C20H19N5O3. The number of anilines is 1. The molecule has 2 aromatic carbocycles. The summed E-state index contributed by atoms with van der Waals surface area (Å²) in [5.41, 5.74) is 3.92. The standard InChI is InChI=1S/C20H19N5O3/c1-24(2)15-7-6-12-17-18(15)22-28-20(17)13-4-3-5-14(16(13)19(12)26)21-23-25-8-10-27-11-9-25/h3-7H,8-11H2,1-2H3. The number of aromatic nitrogens is 1. The highest BCUT2D eigenvalue weighted by Gasteiger charge is 2.32. The van der Waals surface area contributed by atoms with Crippen LogP contribution in [0.1, 0.15) is 15.9 Å². The van der Waals surface area contributed by atoms with Crippen LogP contribution < -0.4 is 4.90 Å². The van der Waals surface area contributed by atoms with Gasteiger partial charge in [0.05, 0.1) is 48.6 Å².